The molecule has 1 heterocycles. The fourth-order valence-electron chi connectivity index (χ4n) is 2.39. The monoisotopic (exact) mass is 358 g/mol. The van der Waals surface area contributed by atoms with Gasteiger partial charge < -0.3 is 4.98 Å². The molecule has 3 rings (SSSR count). The van der Waals surface area contributed by atoms with Gasteiger partial charge in [0.25, 0.3) is 5.56 Å². The Morgan fingerprint density at radius 1 is 1.04 bits per heavy atom. The van der Waals surface area contributed by atoms with E-state index in [0.29, 0.717) is 22.2 Å². The van der Waals surface area contributed by atoms with E-state index in [0.717, 1.165) is 5.56 Å². The minimum absolute atomic E-state index is 0.0623. The van der Waals surface area contributed by atoms with Gasteiger partial charge in [0, 0.05) is 23.3 Å². The summed E-state index contributed by atoms with van der Waals surface area (Å²) in [5.74, 6) is -0.639. The lowest BCUT2D eigenvalue weighted by molar-refractivity contribution is 0.559. The van der Waals surface area contributed by atoms with Crippen LogP contribution in [0.25, 0.3) is 0 Å². The van der Waals surface area contributed by atoms with Gasteiger partial charge in [-0.3, -0.25) is 4.79 Å². The topological polar surface area (TPSA) is 45.8 Å². The molecule has 25 heavy (non-hydrogen) atoms. The molecular weight excluding hydrogens is 342 g/mol. The normalized spacial score (nSPS) is 10.8. The SMILES string of the molecule is Cc1c(Cc2c(F)cccc2F)nc(SCc2ccccc2)[nH]c1=O. The summed E-state index contributed by atoms with van der Waals surface area (Å²) in [4.78, 5) is 19.2. The molecule has 0 aliphatic rings. The van der Waals surface area contributed by atoms with Crippen LogP contribution in [0.4, 0.5) is 8.78 Å². The molecule has 0 atom stereocenters. The summed E-state index contributed by atoms with van der Waals surface area (Å²) < 4.78 is 27.8. The average Bonchev–Trinajstić information content (AvgIpc) is 2.61. The zero-order chi connectivity index (χ0) is 17.8. The second kappa shape index (κ2) is 7.61. The van der Waals surface area contributed by atoms with Crippen LogP contribution in [0.3, 0.4) is 0 Å². The van der Waals surface area contributed by atoms with E-state index >= 15 is 0 Å². The highest BCUT2D eigenvalue weighted by molar-refractivity contribution is 7.98. The Balaban J connectivity index is 1.87. The molecular formula is C19H16F2N2OS. The van der Waals surface area contributed by atoms with Crippen molar-refractivity contribution in [3.05, 3.63) is 92.9 Å². The fourth-order valence-corrected chi connectivity index (χ4v) is 3.23. The van der Waals surface area contributed by atoms with Crippen LogP contribution in [-0.4, -0.2) is 9.97 Å². The summed E-state index contributed by atoms with van der Waals surface area (Å²) in [5, 5.41) is 0.436. The van der Waals surface area contributed by atoms with Crippen LogP contribution in [0.15, 0.2) is 58.5 Å². The van der Waals surface area contributed by atoms with E-state index in [4.69, 9.17) is 0 Å². The lowest BCUT2D eigenvalue weighted by Crippen LogP contribution is -2.16. The van der Waals surface area contributed by atoms with Crippen LogP contribution < -0.4 is 5.56 Å². The Morgan fingerprint density at radius 2 is 1.72 bits per heavy atom. The zero-order valence-electron chi connectivity index (χ0n) is 13.6. The fraction of sp³-hybridized carbons (Fsp3) is 0.158. The number of aromatic nitrogens is 2. The number of rotatable bonds is 5. The average molecular weight is 358 g/mol. The van der Waals surface area contributed by atoms with Gasteiger partial charge in [0.2, 0.25) is 0 Å². The van der Waals surface area contributed by atoms with Gasteiger partial charge in [0.15, 0.2) is 5.16 Å². The maximum absolute atomic E-state index is 13.9. The number of H-pyrrole nitrogens is 1. The number of aromatic amines is 1. The quantitative estimate of drug-likeness (QED) is 0.548. The highest BCUT2D eigenvalue weighted by atomic mass is 32.2. The van der Waals surface area contributed by atoms with E-state index in [1.807, 2.05) is 30.3 Å². The summed E-state index contributed by atoms with van der Waals surface area (Å²) in [5.41, 5.74) is 1.47. The van der Waals surface area contributed by atoms with E-state index in [1.54, 1.807) is 6.92 Å². The number of thioether (sulfide) groups is 1. The predicted octanol–water partition coefficient (Wildman–Crippen LogP) is 4.24. The van der Waals surface area contributed by atoms with Gasteiger partial charge in [-0.1, -0.05) is 48.2 Å². The van der Waals surface area contributed by atoms with Gasteiger partial charge in [-0.15, -0.1) is 0 Å². The van der Waals surface area contributed by atoms with E-state index in [9.17, 15) is 13.6 Å². The van der Waals surface area contributed by atoms with Crippen molar-refractivity contribution >= 4 is 11.8 Å². The second-order valence-corrected chi connectivity index (χ2v) is 6.56. The number of hydrogen-bond acceptors (Lipinski definition) is 3. The first kappa shape index (κ1) is 17.4. The minimum Gasteiger partial charge on any atom is -0.301 e. The highest BCUT2D eigenvalue weighted by Gasteiger charge is 2.14. The van der Waals surface area contributed by atoms with Crippen molar-refractivity contribution in [1.82, 2.24) is 9.97 Å². The van der Waals surface area contributed by atoms with Crippen LogP contribution >= 0.6 is 11.8 Å². The molecule has 2 aromatic carbocycles. The summed E-state index contributed by atoms with van der Waals surface area (Å²) in [6.07, 6.45) is -0.0623. The number of halogens is 2. The minimum atomic E-state index is -0.639. The maximum Gasteiger partial charge on any atom is 0.254 e. The van der Waals surface area contributed by atoms with Gasteiger partial charge in [0.05, 0.1) is 5.69 Å². The van der Waals surface area contributed by atoms with Crippen molar-refractivity contribution in [2.24, 2.45) is 0 Å². The number of nitrogens with zero attached hydrogens (tertiary/aromatic N) is 1. The van der Waals surface area contributed by atoms with Gasteiger partial charge in [0.1, 0.15) is 11.6 Å². The second-order valence-electron chi connectivity index (χ2n) is 5.59. The molecule has 0 saturated heterocycles. The first-order valence-electron chi connectivity index (χ1n) is 7.74. The Bertz CT molecular complexity index is 922. The van der Waals surface area contributed by atoms with Crippen LogP contribution in [0.2, 0.25) is 0 Å². The molecule has 0 spiro atoms. The lowest BCUT2D eigenvalue weighted by atomic mass is 10.1. The summed E-state index contributed by atoms with van der Waals surface area (Å²) in [6, 6.07) is 13.5. The molecule has 0 aliphatic carbocycles. The van der Waals surface area contributed by atoms with Crippen LogP contribution in [0.1, 0.15) is 22.4 Å². The Hall–Kier alpha value is -2.47. The molecule has 0 radical (unpaired) electrons. The van der Waals surface area contributed by atoms with Crippen molar-refractivity contribution in [2.45, 2.75) is 24.3 Å². The molecule has 0 aliphatic heterocycles. The van der Waals surface area contributed by atoms with Gasteiger partial charge in [-0.05, 0) is 24.6 Å². The Kier molecular flexibility index (Phi) is 5.28. The van der Waals surface area contributed by atoms with Crippen LogP contribution in [-0.2, 0) is 12.2 Å². The van der Waals surface area contributed by atoms with Crippen molar-refractivity contribution in [1.29, 1.82) is 0 Å². The van der Waals surface area contributed by atoms with E-state index < -0.39 is 11.6 Å². The van der Waals surface area contributed by atoms with Gasteiger partial charge in [-0.2, -0.15) is 0 Å². The molecule has 0 amide bonds. The first-order chi connectivity index (χ1) is 12.0. The zero-order valence-corrected chi connectivity index (χ0v) is 14.4. The molecule has 1 aromatic heterocycles. The molecule has 128 valence electrons. The van der Waals surface area contributed by atoms with Crippen molar-refractivity contribution < 1.29 is 8.78 Å². The smallest absolute Gasteiger partial charge is 0.254 e. The van der Waals surface area contributed by atoms with E-state index in [1.165, 1.54) is 30.0 Å². The summed E-state index contributed by atoms with van der Waals surface area (Å²) >= 11 is 1.38. The van der Waals surface area contributed by atoms with E-state index in [-0.39, 0.29) is 17.5 Å². The molecule has 0 bridgehead atoms. The third kappa shape index (κ3) is 4.14. The molecule has 0 unspecified atom stereocenters. The number of nitrogens with one attached hydrogen (secondary N) is 1. The number of hydrogen-bond donors (Lipinski definition) is 1. The van der Waals surface area contributed by atoms with Gasteiger partial charge in [-0.25, -0.2) is 13.8 Å². The van der Waals surface area contributed by atoms with Crippen molar-refractivity contribution in [3.8, 4) is 0 Å². The molecule has 3 nitrogen and oxygen atoms in total. The third-order valence-electron chi connectivity index (χ3n) is 3.85. The Morgan fingerprint density at radius 3 is 2.40 bits per heavy atom. The molecule has 6 heteroatoms. The van der Waals surface area contributed by atoms with Crippen LogP contribution in [0.5, 0.6) is 0 Å². The molecule has 0 fully saturated rings. The third-order valence-corrected chi connectivity index (χ3v) is 4.80. The Labute approximate surface area is 148 Å². The predicted molar refractivity (Wildman–Crippen MR) is 94.8 cm³/mol. The maximum atomic E-state index is 13.9. The molecule has 0 saturated carbocycles. The number of benzene rings is 2. The van der Waals surface area contributed by atoms with E-state index in [2.05, 4.69) is 9.97 Å². The van der Waals surface area contributed by atoms with Gasteiger partial charge >= 0.3 is 0 Å². The first-order valence-corrected chi connectivity index (χ1v) is 8.72. The van der Waals surface area contributed by atoms with Crippen molar-refractivity contribution in [2.75, 3.05) is 0 Å². The standard InChI is InChI=1S/C19H16F2N2OS/c1-12-17(10-14-15(20)8-5-9-16(14)21)22-19(23-18(12)24)25-11-13-6-3-2-4-7-13/h2-9H,10-11H2,1H3,(H,22,23,24). The highest BCUT2D eigenvalue weighted by Crippen LogP contribution is 2.21. The molecule has 3 aromatic rings. The summed E-state index contributed by atoms with van der Waals surface area (Å²) in [6.45, 7) is 1.60. The van der Waals surface area contributed by atoms with Crippen molar-refractivity contribution in [3.63, 3.8) is 0 Å². The van der Waals surface area contributed by atoms with Crippen LogP contribution in [0, 0.1) is 18.6 Å². The molecule has 1 N–H and O–H groups in total. The summed E-state index contributed by atoms with van der Waals surface area (Å²) in [7, 11) is 0. The largest absolute Gasteiger partial charge is 0.301 e. The lowest BCUT2D eigenvalue weighted by Gasteiger charge is -2.09.